The first kappa shape index (κ1) is 17.4. The maximum absolute atomic E-state index is 12.5. The third kappa shape index (κ3) is 4.41. The van der Waals surface area contributed by atoms with Gasteiger partial charge in [-0.15, -0.1) is 0 Å². The number of hydrogen-bond acceptors (Lipinski definition) is 5. The van der Waals surface area contributed by atoms with Crippen LogP contribution in [0.5, 0.6) is 0 Å². The molecule has 1 unspecified atom stereocenters. The van der Waals surface area contributed by atoms with Gasteiger partial charge in [-0.2, -0.15) is 17.0 Å². The lowest BCUT2D eigenvalue weighted by molar-refractivity contribution is -0.140. The van der Waals surface area contributed by atoms with Crippen LogP contribution in [-0.2, 0) is 24.5 Å². The van der Waals surface area contributed by atoms with Crippen LogP contribution in [0, 0.1) is 0 Å². The minimum atomic E-state index is -3.59. The van der Waals surface area contributed by atoms with E-state index >= 15 is 0 Å². The van der Waals surface area contributed by atoms with Gasteiger partial charge in [0.2, 0.25) is 0 Å². The second-order valence-corrected chi connectivity index (χ2v) is 7.67. The molecule has 118 valence electrons. The number of hydrogen-bond donors (Lipinski definition) is 0. The van der Waals surface area contributed by atoms with Gasteiger partial charge in [0, 0.05) is 26.7 Å². The van der Waals surface area contributed by atoms with E-state index in [1.165, 1.54) is 22.8 Å². The number of carbonyl (C=O) groups is 1. The molecule has 0 spiro atoms. The van der Waals surface area contributed by atoms with Gasteiger partial charge in [0.15, 0.2) is 0 Å². The van der Waals surface area contributed by atoms with Crippen LogP contribution in [0.4, 0.5) is 0 Å². The lowest BCUT2D eigenvalue weighted by Gasteiger charge is -2.41. The van der Waals surface area contributed by atoms with Crippen molar-refractivity contribution in [3.63, 3.8) is 0 Å². The zero-order valence-corrected chi connectivity index (χ0v) is 13.6. The van der Waals surface area contributed by atoms with Crippen molar-refractivity contribution < 1.29 is 22.7 Å². The molecule has 7 nitrogen and oxygen atoms in total. The monoisotopic (exact) mass is 308 g/mol. The molecule has 1 fully saturated rings. The minimum Gasteiger partial charge on any atom is -0.469 e. The van der Waals surface area contributed by atoms with Gasteiger partial charge in [-0.25, -0.2) is 0 Å². The first-order valence-electron chi connectivity index (χ1n) is 6.54. The molecular formula is C12H24N2O5S. The summed E-state index contributed by atoms with van der Waals surface area (Å²) in [6.07, 6.45) is -0.127. The van der Waals surface area contributed by atoms with E-state index in [9.17, 15) is 13.2 Å². The van der Waals surface area contributed by atoms with Crippen molar-refractivity contribution in [3.05, 3.63) is 0 Å². The Labute approximate surface area is 121 Å². The van der Waals surface area contributed by atoms with E-state index in [1.54, 1.807) is 0 Å². The van der Waals surface area contributed by atoms with Crippen LogP contribution in [0.2, 0.25) is 0 Å². The van der Waals surface area contributed by atoms with E-state index in [-0.39, 0.29) is 19.1 Å². The van der Waals surface area contributed by atoms with Gasteiger partial charge >= 0.3 is 5.97 Å². The Hall–Kier alpha value is -0.700. The molecule has 1 aliphatic rings. The number of morpholine rings is 1. The zero-order valence-electron chi connectivity index (χ0n) is 12.7. The van der Waals surface area contributed by atoms with Gasteiger partial charge in [-0.3, -0.25) is 4.79 Å². The fourth-order valence-electron chi connectivity index (χ4n) is 2.23. The third-order valence-electron chi connectivity index (χ3n) is 3.12. The predicted octanol–water partition coefficient (Wildman–Crippen LogP) is 0.225. The van der Waals surface area contributed by atoms with E-state index in [1.807, 2.05) is 20.8 Å². The number of carbonyl (C=O) groups excluding carboxylic acids is 1. The number of methoxy groups -OCH3 is 1. The summed E-state index contributed by atoms with van der Waals surface area (Å²) in [6, 6.07) is 0. The molecule has 0 aromatic carbocycles. The summed E-state index contributed by atoms with van der Waals surface area (Å²) in [6.45, 7) is 6.27. The van der Waals surface area contributed by atoms with Crippen LogP contribution in [0.15, 0.2) is 0 Å². The second-order valence-electron chi connectivity index (χ2n) is 5.64. The molecule has 0 aromatic rings. The SMILES string of the molecule is COC(=O)CCN(C)S(=O)(=O)N1CC(C)OC(C)(C)C1. The highest BCUT2D eigenvalue weighted by molar-refractivity contribution is 7.86. The van der Waals surface area contributed by atoms with Gasteiger partial charge in [-0.1, -0.05) is 0 Å². The molecule has 0 N–H and O–H groups in total. The first-order valence-corrected chi connectivity index (χ1v) is 7.94. The fourth-order valence-corrected chi connectivity index (χ4v) is 3.82. The Morgan fingerprint density at radius 3 is 2.60 bits per heavy atom. The van der Waals surface area contributed by atoms with Crippen molar-refractivity contribution in [1.29, 1.82) is 0 Å². The van der Waals surface area contributed by atoms with Crippen LogP contribution >= 0.6 is 0 Å². The highest BCUT2D eigenvalue weighted by Gasteiger charge is 2.38. The average molecular weight is 308 g/mol. The van der Waals surface area contributed by atoms with Crippen LogP contribution < -0.4 is 0 Å². The molecule has 0 amide bonds. The molecule has 1 aliphatic heterocycles. The first-order chi connectivity index (χ1) is 9.08. The molecule has 0 aliphatic carbocycles. The van der Waals surface area contributed by atoms with Crippen LogP contribution in [0.1, 0.15) is 27.2 Å². The van der Waals surface area contributed by atoms with Crippen molar-refractivity contribution >= 4 is 16.2 Å². The van der Waals surface area contributed by atoms with Crippen LogP contribution in [-0.4, -0.2) is 68.5 Å². The maximum atomic E-state index is 12.5. The van der Waals surface area contributed by atoms with Gasteiger partial charge in [-0.05, 0) is 20.8 Å². The summed E-state index contributed by atoms with van der Waals surface area (Å²) in [5.41, 5.74) is -0.520. The highest BCUT2D eigenvalue weighted by Crippen LogP contribution is 2.24. The van der Waals surface area contributed by atoms with Crippen molar-refractivity contribution in [2.45, 2.75) is 38.9 Å². The second kappa shape index (κ2) is 6.38. The van der Waals surface area contributed by atoms with Gasteiger partial charge in [0.05, 0.1) is 25.2 Å². The van der Waals surface area contributed by atoms with E-state index < -0.39 is 21.8 Å². The van der Waals surface area contributed by atoms with E-state index in [0.717, 1.165) is 0 Å². The molecule has 0 radical (unpaired) electrons. The molecule has 1 saturated heterocycles. The fraction of sp³-hybridized carbons (Fsp3) is 0.917. The summed E-state index contributed by atoms with van der Waals surface area (Å²) >= 11 is 0. The van der Waals surface area contributed by atoms with Gasteiger partial charge < -0.3 is 9.47 Å². The predicted molar refractivity (Wildman–Crippen MR) is 74.4 cm³/mol. The summed E-state index contributed by atoms with van der Waals surface area (Å²) in [7, 11) is -0.847. The zero-order chi connectivity index (χ0) is 15.6. The molecule has 0 saturated carbocycles. The number of rotatable bonds is 5. The molecule has 0 aromatic heterocycles. The Balaban J connectivity index is 2.74. The summed E-state index contributed by atoms with van der Waals surface area (Å²) in [5.74, 6) is -0.428. The summed E-state index contributed by atoms with van der Waals surface area (Å²) in [4.78, 5) is 11.1. The van der Waals surface area contributed by atoms with E-state index in [2.05, 4.69) is 4.74 Å². The third-order valence-corrected chi connectivity index (χ3v) is 5.02. The number of ether oxygens (including phenoxy) is 2. The van der Waals surface area contributed by atoms with Crippen molar-refractivity contribution in [3.8, 4) is 0 Å². The van der Waals surface area contributed by atoms with E-state index in [4.69, 9.17) is 4.74 Å². The smallest absolute Gasteiger partial charge is 0.306 e. The molecule has 1 atom stereocenters. The highest BCUT2D eigenvalue weighted by atomic mass is 32.2. The lowest BCUT2D eigenvalue weighted by Crippen LogP contribution is -2.56. The summed E-state index contributed by atoms with van der Waals surface area (Å²) < 4.78 is 37.7. The van der Waals surface area contributed by atoms with Crippen LogP contribution in [0.3, 0.4) is 0 Å². The Kier molecular flexibility index (Phi) is 5.54. The van der Waals surface area contributed by atoms with E-state index in [0.29, 0.717) is 13.1 Å². The molecule has 20 heavy (non-hydrogen) atoms. The number of esters is 1. The van der Waals surface area contributed by atoms with Gasteiger partial charge in [0.25, 0.3) is 10.2 Å². The van der Waals surface area contributed by atoms with Crippen molar-refractivity contribution in [2.75, 3.05) is 33.8 Å². The minimum absolute atomic E-state index is 0.0372. The largest absolute Gasteiger partial charge is 0.469 e. The van der Waals surface area contributed by atoms with Crippen molar-refractivity contribution in [1.82, 2.24) is 8.61 Å². The molecule has 1 rings (SSSR count). The van der Waals surface area contributed by atoms with Gasteiger partial charge in [0.1, 0.15) is 0 Å². The van der Waals surface area contributed by atoms with Crippen LogP contribution in [0.25, 0.3) is 0 Å². The standard InChI is InChI=1S/C12H24N2O5S/c1-10-8-14(9-12(2,3)19-10)20(16,17)13(4)7-6-11(15)18-5/h10H,6-9H2,1-5H3. The maximum Gasteiger partial charge on any atom is 0.306 e. The quantitative estimate of drug-likeness (QED) is 0.679. The average Bonchev–Trinajstić information content (AvgIpc) is 2.32. The molecule has 8 heteroatoms. The lowest BCUT2D eigenvalue weighted by atomic mass is 10.1. The normalized spacial score (nSPS) is 23.8. The van der Waals surface area contributed by atoms with Crippen molar-refractivity contribution in [2.24, 2.45) is 0 Å². The molecule has 1 heterocycles. The molecule has 0 bridgehead atoms. The summed E-state index contributed by atoms with van der Waals surface area (Å²) in [5, 5.41) is 0. The Bertz CT molecular complexity index is 449. The molecular weight excluding hydrogens is 284 g/mol. The Morgan fingerprint density at radius 2 is 2.10 bits per heavy atom. The topological polar surface area (TPSA) is 76.2 Å². The number of nitrogens with zero attached hydrogens (tertiary/aromatic N) is 2. The Morgan fingerprint density at radius 1 is 1.50 bits per heavy atom.